The normalized spacial score (nSPS) is 20.2. The van der Waals surface area contributed by atoms with Gasteiger partial charge in [-0.05, 0) is 49.9 Å². The lowest BCUT2D eigenvalue weighted by molar-refractivity contribution is 0.389. The Balaban J connectivity index is 1.77. The zero-order valence-corrected chi connectivity index (χ0v) is 14.9. The summed E-state index contributed by atoms with van der Waals surface area (Å²) in [6, 6.07) is 10.6. The number of hydrogen-bond donors (Lipinski definition) is 2. The van der Waals surface area contributed by atoms with Crippen LogP contribution in [0, 0.1) is 0 Å². The van der Waals surface area contributed by atoms with Crippen molar-refractivity contribution in [3.8, 4) is 5.75 Å². The molecule has 1 aliphatic rings. The number of methoxy groups -OCH3 is 1. The first-order valence-corrected chi connectivity index (χ1v) is 8.94. The van der Waals surface area contributed by atoms with Gasteiger partial charge in [-0.2, -0.15) is 0 Å². The lowest BCUT2D eigenvalue weighted by Crippen LogP contribution is -2.39. The van der Waals surface area contributed by atoms with Crippen molar-refractivity contribution in [2.45, 2.75) is 37.8 Å². The molecule has 1 fully saturated rings. The molecule has 2 aromatic heterocycles. The van der Waals surface area contributed by atoms with Gasteiger partial charge in [0.2, 0.25) is 0 Å². The minimum atomic E-state index is 0.290. The molecule has 0 saturated heterocycles. The Kier molecular flexibility index (Phi) is 4.38. The van der Waals surface area contributed by atoms with Crippen molar-refractivity contribution in [2.75, 3.05) is 17.7 Å². The topological polar surface area (TPSA) is 94.7 Å². The lowest BCUT2D eigenvalue weighted by Gasteiger charge is -2.37. The third-order valence-corrected chi connectivity index (χ3v) is 5.08. The minimum absolute atomic E-state index is 0.290. The minimum Gasteiger partial charge on any atom is -0.497 e. The zero-order valence-electron chi connectivity index (χ0n) is 14.9. The zero-order chi connectivity index (χ0) is 18.1. The maximum atomic E-state index is 6.22. The first-order valence-electron chi connectivity index (χ1n) is 8.94. The average molecular weight is 352 g/mol. The number of anilines is 3. The fraction of sp³-hybridized carbons (Fsp3) is 0.368. The van der Waals surface area contributed by atoms with E-state index in [-0.39, 0.29) is 6.04 Å². The third-order valence-electron chi connectivity index (χ3n) is 5.08. The summed E-state index contributed by atoms with van der Waals surface area (Å²) in [6.07, 6.45) is 7.60. The molecule has 0 amide bonds. The van der Waals surface area contributed by atoms with Crippen molar-refractivity contribution in [3.05, 3.63) is 42.7 Å². The highest BCUT2D eigenvalue weighted by Gasteiger charge is 2.27. The quantitative estimate of drug-likeness (QED) is 0.750. The van der Waals surface area contributed by atoms with Crippen LogP contribution in [0.1, 0.15) is 25.7 Å². The van der Waals surface area contributed by atoms with Gasteiger partial charge in [-0.3, -0.25) is 0 Å². The van der Waals surface area contributed by atoms with E-state index in [1.807, 2.05) is 24.4 Å². The SMILES string of the molecule is COc1ccc(N(c2cc(N)c3nccn3n2)C2CCC(N)CC2)cc1. The van der Waals surface area contributed by atoms with Crippen LogP contribution in [0.4, 0.5) is 17.2 Å². The van der Waals surface area contributed by atoms with E-state index < -0.39 is 0 Å². The van der Waals surface area contributed by atoms with Gasteiger partial charge < -0.3 is 21.1 Å². The van der Waals surface area contributed by atoms with Gasteiger partial charge in [-0.25, -0.2) is 9.50 Å². The maximum absolute atomic E-state index is 6.22. The van der Waals surface area contributed by atoms with Gasteiger partial charge in [0.05, 0.1) is 12.8 Å². The summed E-state index contributed by atoms with van der Waals surface area (Å²) in [5.41, 5.74) is 14.7. The molecule has 0 aliphatic heterocycles. The van der Waals surface area contributed by atoms with E-state index in [0.717, 1.165) is 42.9 Å². The number of hydrogen-bond acceptors (Lipinski definition) is 6. The predicted octanol–water partition coefficient (Wildman–Crippen LogP) is 2.73. The Morgan fingerprint density at radius 3 is 2.58 bits per heavy atom. The first-order chi connectivity index (χ1) is 12.7. The standard InChI is InChI=1S/C19H24N6O/c1-26-16-8-6-15(7-9-16)25(14-4-2-13(20)3-5-14)18-12-17(21)19-22-10-11-24(19)23-18/h6-14H,2-5,20-21H2,1H3. The van der Waals surface area contributed by atoms with E-state index in [2.05, 4.69) is 22.0 Å². The summed E-state index contributed by atoms with van der Waals surface area (Å²) in [5, 5.41) is 4.75. The molecule has 1 saturated carbocycles. The Morgan fingerprint density at radius 1 is 1.15 bits per heavy atom. The van der Waals surface area contributed by atoms with E-state index in [9.17, 15) is 0 Å². The highest BCUT2D eigenvalue weighted by Crippen LogP contribution is 2.34. The van der Waals surface area contributed by atoms with Gasteiger partial charge in [-0.15, -0.1) is 5.10 Å². The van der Waals surface area contributed by atoms with Crippen LogP contribution in [0.2, 0.25) is 0 Å². The summed E-state index contributed by atoms with van der Waals surface area (Å²) in [6.45, 7) is 0. The molecule has 1 aliphatic carbocycles. The molecule has 0 bridgehead atoms. The molecule has 4 rings (SSSR count). The molecular weight excluding hydrogens is 328 g/mol. The molecule has 0 radical (unpaired) electrons. The number of nitrogen functional groups attached to an aromatic ring is 1. The average Bonchev–Trinajstić information content (AvgIpc) is 3.13. The number of nitrogens with zero attached hydrogens (tertiary/aromatic N) is 4. The van der Waals surface area contributed by atoms with E-state index in [4.69, 9.17) is 21.3 Å². The van der Waals surface area contributed by atoms with E-state index in [1.165, 1.54) is 0 Å². The second-order valence-electron chi connectivity index (χ2n) is 6.79. The molecule has 26 heavy (non-hydrogen) atoms. The van der Waals surface area contributed by atoms with Crippen LogP contribution in [0.5, 0.6) is 5.75 Å². The Bertz CT molecular complexity index is 883. The summed E-state index contributed by atoms with van der Waals surface area (Å²) < 4.78 is 7.03. The number of benzene rings is 1. The van der Waals surface area contributed by atoms with Crippen LogP contribution in [-0.2, 0) is 0 Å². The molecule has 4 N–H and O–H groups in total. The molecule has 1 aromatic carbocycles. The van der Waals surface area contributed by atoms with Crippen LogP contribution in [0.25, 0.3) is 5.65 Å². The number of imidazole rings is 1. The molecule has 0 unspecified atom stereocenters. The number of nitrogens with two attached hydrogens (primary N) is 2. The Hall–Kier alpha value is -2.80. The van der Waals surface area contributed by atoms with Crippen LogP contribution in [-0.4, -0.2) is 33.8 Å². The van der Waals surface area contributed by atoms with Gasteiger partial charge in [0.15, 0.2) is 11.5 Å². The Labute approximate surface area is 152 Å². The van der Waals surface area contributed by atoms with Gasteiger partial charge >= 0.3 is 0 Å². The van der Waals surface area contributed by atoms with Crippen molar-refractivity contribution in [1.82, 2.24) is 14.6 Å². The highest BCUT2D eigenvalue weighted by molar-refractivity contribution is 5.71. The lowest BCUT2D eigenvalue weighted by atomic mass is 9.90. The van der Waals surface area contributed by atoms with Crippen LogP contribution in [0.15, 0.2) is 42.7 Å². The first kappa shape index (κ1) is 16.7. The van der Waals surface area contributed by atoms with Gasteiger partial charge in [-0.1, -0.05) is 0 Å². The van der Waals surface area contributed by atoms with Crippen molar-refractivity contribution in [3.63, 3.8) is 0 Å². The van der Waals surface area contributed by atoms with E-state index in [1.54, 1.807) is 17.8 Å². The largest absolute Gasteiger partial charge is 0.497 e. The maximum Gasteiger partial charge on any atom is 0.176 e. The summed E-state index contributed by atoms with van der Waals surface area (Å²) in [7, 11) is 1.67. The monoisotopic (exact) mass is 352 g/mol. The summed E-state index contributed by atoms with van der Waals surface area (Å²) >= 11 is 0. The number of fused-ring (bicyclic) bond motifs is 1. The van der Waals surface area contributed by atoms with Crippen molar-refractivity contribution in [1.29, 1.82) is 0 Å². The van der Waals surface area contributed by atoms with Crippen LogP contribution < -0.4 is 21.1 Å². The van der Waals surface area contributed by atoms with Crippen LogP contribution >= 0.6 is 0 Å². The van der Waals surface area contributed by atoms with Gasteiger partial charge in [0.25, 0.3) is 0 Å². The predicted molar refractivity (Wildman–Crippen MR) is 103 cm³/mol. The molecule has 7 heteroatoms. The number of rotatable bonds is 4. The number of aromatic nitrogens is 3. The van der Waals surface area contributed by atoms with Crippen LogP contribution in [0.3, 0.4) is 0 Å². The molecule has 0 atom stereocenters. The molecule has 2 heterocycles. The van der Waals surface area contributed by atoms with Gasteiger partial charge in [0, 0.05) is 36.2 Å². The fourth-order valence-electron chi connectivity index (χ4n) is 3.68. The van der Waals surface area contributed by atoms with Crippen molar-refractivity contribution in [2.24, 2.45) is 5.73 Å². The number of ether oxygens (including phenoxy) is 1. The molecular formula is C19H24N6O. The third kappa shape index (κ3) is 3.06. The van der Waals surface area contributed by atoms with E-state index in [0.29, 0.717) is 17.4 Å². The molecule has 3 aromatic rings. The van der Waals surface area contributed by atoms with Crippen molar-refractivity contribution >= 4 is 22.8 Å². The highest BCUT2D eigenvalue weighted by atomic mass is 16.5. The summed E-state index contributed by atoms with van der Waals surface area (Å²) in [4.78, 5) is 6.53. The van der Waals surface area contributed by atoms with Gasteiger partial charge in [0.1, 0.15) is 5.75 Å². The Morgan fingerprint density at radius 2 is 1.88 bits per heavy atom. The smallest absolute Gasteiger partial charge is 0.176 e. The molecule has 0 spiro atoms. The summed E-state index contributed by atoms with van der Waals surface area (Å²) in [5.74, 6) is 1.65. The fourth-order valence-corrected chi connectivity index (χ4v) is 3.68. The van der Waals surface area contributed by atoms with E-state index >= 15 is 0 Å². The molecule has 136 valence electrons. The second-order valence-corrected chi connectivity index (χ2v) is 6.79. The molecule has 7 nitrogen and oxygen atoms in total. The van der Waals surface area contributed by atoms with Crippen molar-refractivity contribution < 1.29 is 4.74 Å². The second kappa shape index (κ2) is 6.84.